The van der Waals surface area contributed by atoms with Crippen molar-refractivity contribution in [3.63, 3.8) is 0 Å². The highest BCUT2D eigenvalue weighted by Gasteiger charge is 2.42. The van der Waals surface area contributed by atoms with Gasteiger partial charge < -0.3 is 4.74 Å². The molecule has 0 amide bonds. The SMILES string of the molecule is CC(=O)Oc1c(C(F)(F)F)c(-c2ccc(C(F)(F)F)cc2)nn1C. The van der Waals surface area contributed by atoms with Crippen LogP contribution in [0.1, 0.15) is 18.1 Å². The van der Waals surface area contributed by atoms with Crippen molar-refractivity contribution in [1.82, 2.24) is 9.78 Å². The molecule has 130 valence electrons. The van der Waals surface area contributed by atoms with Crippen LogP contribution < -0.4 is 4.74 Å². The van der Waals surface area contributed by atoms with Crippen LogP contribution in [0, 0.1) is 0 Å². The summed E-state index contributed by atoms with van der Waals surface area (Å²) >= 11 is 0. The van der Waals surface area contributed by atoms with Crippen molar-refractivity contribution in [2.24, 2.45) is 7.05 Å². The van der Waals surface area contributed by atoms with Gasteiger partial charge in [-0.3, -0.25) is 4.79 Å². The average molecular weight is 352 g/mol. The predicted molar refractivity (Wildman–Crippen MR) is 70.0 cm³/mol. The second kappa shape index (κ2) is 5.84. The number of aryl methyl sites for hydroxylation is 1. The minimum absolute atomic E-state index is 0.190. The van der Waals surface area contributed by atoms with Crippen LogP contribution in [-0.4, -0.2) is 15.7 Å². The number of carbonyl (C=O) groups is 1. The van der Waals surface area contributed by atoms with E-state index in [1.807, 2.05) is 0 Å². The molecule has 1 heterocycles. The zero-order valence-corrected chi connectivity index (χ0v) is 12.3. The molecule has 1 aromatic heterocycles. The van der Waals surface area contributed by atoms with Gasteiger partial charge in [0, 0.05) is 19.5 Å². The maximum Gasteiger partial charge on any atom is 0.423 e. The molecule has 0 saturated carbocycles. The number of halogens is 6. The highest BCUT2D eigenvalue weighted by molar-refractivity contribution is 5.72. The summed E-state index contributed by atoms with van der Waals surface area (Å²) in [5, 5.41) is 3.63. The molecular formula is C14H10F6N2O2. The first kappa shape index (κ1) is 17.8. The van der Waals surface area contributed by atoms with E-state index in [1.54, 1.807) is 0 Å². The zero-order valence-electron chi connectivity index (χ0n) is 12.3. The largest absolute Gasteiger partial charge is 0.423 e. The van der Waals surface area contributed by atoms with E-state index in [0.717, 1.165) is 26.1 Å². The lowest BCUT2D eigenvalue weighted by Crippen LogP contribution is -2.12. The van der Waals surface area contributed by atoms with E-state index in [1.165, 1.54) is 0 Å². The van der Waals surface area contributed by atoms with Gasteiger partial charge in [0.15, 0.2) is 0 Å². The van der Waals surface area contributed by atoms with Crippen molar-refractivity contribution in [1.29, 1.82) is 0 Å². The predicted octanol–water partition coefficient (Wildman–Crippen LogP) is 4.05. The van der Waals surface area contributed by atoms with Crippen LogP contribution in [0.2, 0.25) is 0 Å². The number of rotatable bonds is 2. The van der Waals surface area contributed by atoms with Gasteiger partial charge >= 0.3 is 18.3 Å². The smallest absolute Gasteiger partial charge is 0.407 e. The Morgan fingerprint density at radius 2 is 1.58 bits per heavy atom. The Morgan fingerprint density at radius 1 is 1.04 bits per heavy atom. The fourth-order valence-electron chi connectivity index (χ4n) is 2.04. The molecule has 0 unspecified atom stereocenters. The molecule has 4 nitrogen and oxygen atoms in total. The molecule has 0 bridgehead atoms. The number of aromatic nitrogens is 2. The highest BCUT2D eigenvalue weighted by Crippen LogP contribution is 2.43. The van der Waals surface area contributed by atoms with Gasteiger partial charge in [0.1, 0.15) is 11.3 Å². The van der Waals surface area contributed by atoms with Crippen LogP contribution in [0.15, 0.2) is 24.3 Å². The van der Waals surface area contributed by atoms with Gasteiger partial charge in [-0.05, 0) is 12.1 Å². The van der Waals surface area contributed by atoms with Crippen LogP contribution in [-0.2, 0) is 24.2 Å². The third kappa shape index (κ3) is 3.52. The Kier molecular flexibility index (Phi) is 4.34. The molecule has 0 aliphatic heterocycles. The Morgan fingerprint density at radius 3 is 2.00 bits per heavy atom. The van der Waals surface area contributed by atoms with Crippen molar-refractivity contribution in [2.45, 2.75) is 19.3 Å². The topological polar surface area (TPSA) is 44.1 Å². The highest BCUT2D eigenvalue weighted by atomic mass is 19.4. The molecule has 0 radical (unpaired) electrons. The lowest BCUT2D eigenvalue weighted by molar-refractivity contribution is -0.141. The van der Waals surface area contributed by atoms with E-state index >= 15 is 0 Å². The average Bonchev–Trinajstić information content (AvgIpc) is 2.74. The molecule has 24 heavy (non-hydrogen) atoms. The van der Waals surface area contributed by atoms with Crippen LogP contribution in [0.25, 0.3) is 11.3 Å². The van der Waals surface area contributed by atoms with Crippen molar-refractivity contribution in [2.75, 3.05) is 0 Å². The number of esters is 1. The third-order valence-electron chi connectivity index (χ3n) is 3.00. The molecular weight excluding hydrogens is 342 g/mol. The summed E-state index contributed by atoms with van der Waals surface area (Å²) in [6.45, 7) is 0.922. The van der Waals surface area contributed by atoms with Gasteiger partial charge in [0.25, 0.3) is 0 Å². The fourth-order valence-corrected chi connectivity index (χ4v) is 2.04. The molecule has 0 aliphatic rings. The molecule has 1 aromatic carbocycles. The summed E-state index contributed by atoms with van der Waals surface area (Å²) in [5.74, 6) is -1.81. The maximum absolute atomic E-state index is 13.3. The standard InChI is InChI=1S/C14H10F6N2O2/c1-7(23)24-12-10(14(18,19)20)11(21-22(12)2)8-3-5-9(6-4-8)13(15,16)17/h3-6H,1-2H3. The monoisotopic (exact) mass is 352 g/mol. The third-order valence-corrected chi connectivity index (χ3v) is 3.00. The van der Waals surface area contributed by atoms with Crippen LogP contribution >= 0.6 is 0 Å². The number of carbonyl (C=O) groups excluding carboxylic acids is 1. The van der Waals surface area contributed by atoms with Crippen LogP contribution in [0.5, 0.6) is 5.88 Å². The molecule has 0 fully saturated rings. The number of benzene rings is 1. The maximum atomic E-state index is 13.3. The van der Waals surface area contributed by atoms with Gasteiger partial charge in [-0.15, -0.1) is 0 Å². The summed E-state index contributed by atoms with van der Waals surface area (Å²) in [7, 11) is 1.13. The summed E-state index contributed by atoms with van der Waals surface area (Å²) in [5.41, 5.74) is -3.16. The van der Waals surface area contributed by atoms with Gasteiger partial charge in [-0.2, -0.15) is 31.4 Å². The number of hydrogen-bond donors (Lipinski definition) is 0. The molecule has 0 spiro atoms. The van der Waals surface area contributed by atoms with Crippen molar-refractivity contribution < 1.29 is 35.9 Å². The first-order valence-corrected chi connectivity index (χ1v) is 6.41. The molecule has 0 N–H and O–H groups in total. The normalized spacial score (nSPS) is 12.3. The minimum atomic E-state index is -4.92. The Bertz CT molecular complexity index is 759. The Labute approximate surface area is 131 Å². The molecule has 0 aliphatic carbocycles. The number of ether oxygens (including phenoxy) is 1. The van der Waals surface area contributed by atoms with Crippen LogP contribution in [0.4, 0.5) is 26.3 Å². The lowest BCUT2D eigenvalue weighted by atomic mass is 10.1. The molecule has 2 rings (SSSR count). The van der Waals surface area contributed by atoms with E-state index in [0.29, 0.717) is 16.8 Å². The molecule has 10 heteroatoms. The van der Waals surface area contributed by atoms with Gasteiger partial charge in [0.05, 0.1) is 5.56 Å². The quantitative estimate of drug-likeness (QED) is 0.605. The van der Waals surface area contributed by atoms with Crippen molar-refractivity contribution in [3.8, 4) is 17.1 Å². The Balaban J connectivity index is 2.60. The molecule has 0 atom stereocenters. The Hall–Kier alpha value is -2.52. The molecule has 0 saturated heterocycles. The van der Waals surface area contributed by atoms with Crippen molar-refractivity contribution in [3.05, 3.63) is 35.4 Å². The van der Waals surface area contributed by atoms with Gasteiger partial charge in [-0.25, -0.2) is 4.68 Å². The van der Waals surface area contributed by atoms with Gasteiger partial charge in [0.2, 0.25) is 5.88 Å². The lowest BCUT2D eigenvalue weighted by Gasteiger charge is -2.10. The second-order valence-corrected chi connectivity index (χ2v) is 4.82. The van der Waals surface area contributed by atoms with Crippen LogP contribution in [0.3, 0.4) is 0 Å². The number of hydrogen-bond acceptors (Lipinski definition) is 3. The number of alkyl halides is 6. The summed E-state index contributed by atoms with van der Waals surface area (Å²) < 4.78 is 82.8. The fraction of sp³-hybridized carbons (Fsp3) is 0.286. The van der Waals surface area contributed by atoms with Crippen molar-refractivity contribution >= 4 is 5.97 Å². The van der Waals surface area contributed by atoms with E-state index in [2.05, 4.69) is 9.84 Å². The van der Waals surface area contributed by atoms with E-state index < -0.39 is 41.0 Å². The summed E-state index contributed by atoms with van der Waals surface area (Å²) in [6.07, 6.45) is -9.53. The number of nitrogens with zero attached hydrogens (tertiary/aromatic N) is 2. The second-order valence-electron chi connectivity index (χ2n) is 4.82. The first-order valence-electron chi connectivity index (χ1n) is 6.41. The minimum Gasteiger partial charge on any atom is -0.407 e. The van der Waals surface area contributed by atoms with E-state index in [-0.39, 0.29) is 5.56 Å². The van der Waals surface area contributed by atoms with E-state index in [9.17, 15) is 31.1 Å². The zero-order chi connectivity index (χ0) is 18.3. The van der Waals surface area contributed by atoms with Gasteiger partial charge in [-0.1, -0.05) is 12.1 Å². The first-order chi connectivity index (χ1) is 10.9. The summed E-state index contributed by atoms with van der Waals surface area (Å²) in [4.78, 5) is 11.0. The van der Waals surface area contributed by atoms with E-state index in [4.69, 9.17) is 0 Å². The molecule has 2 aromatic rings. The summed E-state index contributed by atoms with van der Waals surface area (Å²) in [6, 6.07) is 3.04.